The van der Waals surface area contributed by atoms with E-state index in [-0.39, 0.29) is 0 Å². The first-order chi connectivity index (χ1) is 9.95. The van der Waals surface area contributed by atoms with E-state index in [2.05, 4.69) is 69.1 Å². The smallest absolute Gasteiger partial charge is 0.0388 e. The summed E-state index contributed by atoms with van der Waals surface area (Å²) < 4.78 is 0. The Bertz CT molecular complexity index is 449. The third-order valence-corrected chi connectivity index (χ3v) is 4.98. The Kier molecular flexibility index (Phi) is 5.32. The molecule has 1 aromatic carbocycles. The second-order valence-corrected chi connectivity index (χ2v) is 7.42. The van der Waals surface area contributed by atoms with Gasteiger partial charge in [0.25, 0.3) is 0 Å². The van der Waals surface area contributed by atoms with Crippen molar-refractivity contribution in [2.75, 3.05) is 18.4 Å². The third kappa shape index (κ3) is 4.23. The van der Waals surface area contributed by atoms with E-state index in [0.29, 0.717) is 11.5 Å². The van der Waals surface area contributed by atoms with Crippen LogP contribution >= 0.6 is 0 Å². The second kappa shape index (κ2) is 6.83. The lowest BCUT2D eigenvalue weighted by Gasteiger charge is -2.24. The average molecular weight is 288 g/mol. The quantitative estimate of drug-likeness (QED) is 0.811. The minimum absolute atomic E-state index is 0.477. The summed E-state index contributed by atoms with van der Waals surface area (Å²) in [6, 6.07) is 9.44. The van der Waals surface area contributed by atoms with Crippen molar-refractivity contribution in [1.29, 1.82) is 0 Å². The average Bonchev–Trinajstić information content (AvgIpc) is 2.70. The van der Waals surface area contributed by atoms with E-state index in [0.717, 1.165) is 25.6 Å². The van der Waals surface area contributed by atoms with Gasteiger partial charge in [-0.1, -0.05) is 52.8 Å². The van der Waals surface area contributed by atoms with Gasteiger partial charge >= 0.3 is 0 Å². The lowest BCUT2D eigenvalue weighted by molar-refractivity contribution is 0.296. The van der Waals surface area contributed by atoms with Crippen molar-refractivity contribution >= 4 is 5.69 Å². The van der Waals surface area contributed by atoms with Crippen molar-refractivity contribution in [3.8, 4) is 0 Å². The van der Waals surface area contributed by atoms with Gasteiger partial charge in [-0.15, -0.1) is 0 Å². The molecule has 0 heterocycles. The highest BCUT2D eigenvalue weighted by Crippen LogP contribution is 2.42. The summed E-state index contributed by atoms with van der Waals surface area (Å²) in [6.45, 7) is 14.9. The Labute approximate surface area is 130 Å². The molecule has 0 aliphatic heterocycles. The molecule has 1 aliphatic carbocycles. The molecule has 118 valence electrons. The van der Waals surface area contributed by atoms with Crippen molar-refractivity contribution in [1.82, 2.24) is 4.90 Å². The van der Waals surface area contributed by atoms with Crippen LogP contribution in [-0.2, 0) is 6.54 Å². The highest BCUT2D eigenvalue weighted by molar-refractivity contribution is 5.52. The molecular formula is C19H32N2. The van der Waals surface area contributed by atoms with E-state index >= 15 is 0 Å². The van der Waals surface area contributed by atoms with E-state index in [9.17, 15) is 0 Å². The van der Waals surface area contributed by atoms with Crippen molar-refractivity contribution in [3.05, 3.63) is 29.8 Å². The molecule has 0 amide bonds. The summed E-state index contributed by atoms with van der Waals surface area (Å²) in [5.41, 5.74) is 3.24. The molecule has 1 N–H and O–H groups in total. The minimum Gasteiger partial charge on any atom is -0.382 e. The second-order valence-electron chi connectivity index (χ2n) is 7.42. The van der Waals surface area contributed by atoms with Crippen LogP contribution in [0.3, 0.4) is 0 Å². The van der Waals surface area contributed by atoms with Gasteiger partial charge in [0.2, 0.25) is 0 Å². The van der Waals surface area contributed by atoms with E-state index in [1.807, 2.05) is 0 Å². The number of anilines is 1. The zero-order chi connectivity index (χ0) is 15.5. The molecule has 2 rings (SSSR count). The third-order valence-electron chi connectivity index (χ3n) is 4.98. The maximum Gasteiger partial charge on any atom is 0.0388 e. The van der Waals surface area contributed by atoms with E-state index in [4.69, 9.17) is 0 Å². The zero-order valence-corrected chi connectivity index (χ0v) is 14.4. The van der Waals surface area contributed by atoms with Gasteiger partial charge in [0.15, 0.2) is 0 Å². The largest absolute Gasteiger partial charge is 0.382 e. The van der Waals surface area contributed by atoms with Crippen molar-refractivity contribution in [2.24, 2.45) is 11.3 Å². The number of para-hydroxylation sites is 1. The van der Waals surface area contributed by atoms with Gasteiger partial charge in [0.1, 0.15) is 0 Å². The predicted molar refractivity (Wildman–Crippen MR) is 92.7 cm³/mol. The molecule has 2 unspecified atom stereocenters. The van der Waals surface area contributed by atoms with Crippen molar-refractivity contribution in [2.45, 2.75) is 60.0 Å². The molecule has 2 heteroatoms. The summed E-state index contributed by atoms with van der Waals surface area (Å²) in [5, 5.41) is 3.84. The highest BCUT2D eigenvalue weighted by atomic mass is 15.1. The fourth-order valence-corrected chi connectivity index (χ4v) is 3.77. The van der Waals surface area contributed by atoms with Gasteiger partial charge in [-0.2, -0.15) is 0 Å². The summed E-state index contributed by atoms with van der Waals surface area (Å²) in [7, 11) is 0. The predicted octanol–water partition coefficient (Wildman–Crippen LogP) is 4.77. The number of nitrogens with one attached hydrogen (secondary N) is 1. The first kappa shape index (κ1) is 16.4. The topological polar surface area (TPSA) is 15.3 Å². The Hall–Kier alpha value is -1.02. The van der Waals surface area contributed by atoms with Crippen LogP contribution in [-0.4, -0.2) is 24.0 Å². The van der Waals surface area contributed by atoms with Crippen LogP contribution in [0.5, 0.6) is 0 Å². The van der Waals surface area contributed by atoms with Crippen LogP contribution in [0.4, 0.5) is 5.69 Å². The lowest BCUT2D eigenvalue weighted by Crippen LogP contribution is -2.26. The van der Waals surface area contributed by atoms with Crippen molar-refractivity contribution in [3.63, 3.8) is 0 Å². The molecule has 0 spiro atoms. The van der Waals surface area contributed by atoms with E-state index < -0.39 is 0 Å². The summed E-state index contributed by atoms with van der Waals surface area (Å²) >= 11 is 0. The molecule has 0 radical (unpaired) electrons. The van der Waals surface area contributed by atoms with E-state index in [1.54, 1.807) is 0 Å². The molecule has 21 heavy (non-hydrogen) atoms. The number of hydrogen-bond acceptors (Lipinski definition) is 2. The van der Waals surface area contributed by atoms with Gasteiger partial charge in [-0.3, -0.25) is 4.90 Å². The monoisotopic (exact) mass is 288 g/mol. The highest BCUT2D eigenvalue weighted by Gasteiger charge is 2.36. The van der Waals surface area contributed by atoms with Crippen LogP contribution in [0.15, 0.2) is 24.3 Å². The first-order valence-corrected chi connectivity index (χ1v) is 8.52. The maximum absolute atomic E-state index is 3.84. The number of rotatable bonds is 6. The molecule has 1 aliphatic rings. The van der Waals surface area contributed by atoms with Crippen LogP contribution in [0, 0.1) is 11.3 Å². The van der Waals surface area contributed by atoms with Crippen molar-refractivity contribution < 1.29 is 0 Å². The molecule has 2 atom stereocenters. The summed E-state index contributed by atoms with van der Waals surface area (Å²) in [4.78, 5) is 2.47. The normalized spacial score (nSPS) is 24.5. The molecular weight excluding hydrogens is 256 g/mol. The fraction of sp³-hybridized carbons (Fsp3) is 0.684. The zero-order valence-electron chi connectivity index (χ0n) is 14.4. The number of hydrogen-bond donors (Lipinski definition) is 1. The van der Waals surface area contributed by atoms with Crippen LogP contribution in [0.1, 0.15) is 53.0 Å². The van der Waals surface area contributed by atoms with E-state index in [1.165, 1.54) is 24.1 Å². The Morgan fingerprint density at radius 3 is 2.38 bits per heavy atom. The van der Waals surface area contributed by atoms with Crippen LogP contribution in [0.2, 0.25) is 0 Å². The fourth-order valence-electron chi connectivity index (χ4n) is 3.77. The minimum atomic E-state index is 0.477. The lowest BCUT2D eigenvalue weighted by atomic mass is 9.91. The van der Waals surface area contributed by atoms with Gasteiger partial charge in [0.05, 0.1) is 0 Å². The first-order valence-electron chi connectivity index (χ1n) is 8.52. The van der Waals surface area contributed by atoms with Gasteiger partial charge in [-0.05, 0) is 48.9 Å². The van der Waals surface area contributed by atoms with Gasteiger partial charge < -0.3 is 5.32 Å². The number of benzene rings is 1. The van der Waals surface area contributed by atoms with Gasteiger partial charge in [-0.25, -0.2) is 0 Å². The molecule has 0 bridgehead atoms. The Balaban J connectivity index is 2.10. The Morgan fingerprint density at radius 1 is 1.14 bits per heavy atom. The van der Waals surface area contributed by atoms with Crippen LogP contribution in [0.25, 0.3) is 0 Å². The maximum atomic E-state index is 3.84. The molecule has 0 aromatic heterocycles. The molecule has 1 saturated carbocycles. The summed E-state index contributed by atoms with van der Waals surface area (Å²) in [6.07, 6.45) is 2.59. The molecule has 1 fully saturated rings. The summed E-state index contributed by atoms with van der Waals surface area (Å²) in [5.74, 6) is 0.751. The Morgan fingerprint density at radius 2 is 1.81 bits per heavy atom. The standard InChI is InChI=1S/C19H32N2/c1-6-21(7-2)14-16-10-8-9-11-17(16)20-18-13-19(4,5)12-15(18)3/h8-11,15,18,20H,6-7,12-14H2,1-5H3. The van der Waals surface area contributed by atoms with Gasteiger partial charge in [0, 0.05) is 18.3 Å². The molecule has 0 saturated heterocycles. The molecule has 1 aromatic rings. The SMILES string of the molecule is CCN(CC)Cc1ccccc1NC1CC(C)(C)CC1C. The van der Waals surface area contributed by atoms with Crippen LogP contribution < -0.4 is 5.32 Å². The number of nitrogens with zero attached hydrogens (tertiary/aromatic N) is 1. The molecule has 2 nitrogen and oxygen atoms in total.